The number of hydrogen-bond donors (Lipinski definition) is 1. The van der Waals surface area contributed by atoms with Crippen LogP contribution in [0, 0.1) is 29.1 Å². The summed E-state index contributed by atoms with van der Waals surface area (Å²) in [6.07, 6.45) is -2.92. The highest BCUT2D eigenvalue weighted by atomic mass is 35.5. The van der Waals surface area contributed by atoms with Gasteiger partial charge >= 0.3 is 6.18 Å². The van der Waals surface area contributed by atoms with Crippen molar-refractivity contribution in [1.29, 1.82) is 0 Å². The number of amides is 4. The predicted octanol–water partition coefficient (Wildman–Crippen LogP) is 6.39. The molecular weight excluding hydrogens is 672 g/mol. The van der Waals surface area contributed by atoms with Crippen LogP contribution in [0.15, 0.2) is 72.3 Å². The Balaban J connectivity index is 1.33. The number of rotatable bonds is 4. The highest BCUT2D eigenvalue weighted by molar-refractivity contribution is 6.33. The minimum absolute atomic E-state index is 0.0361. The van der Waals surface area contributed by atoms with Gasteiger partial charge in [0.25, 0.3) is 11.8 Å². The van der Waals surface area contributed by atoms with Gasteiger partial charge in [-0.15, -0.1) is 0 Å². The Morgan fingerprint density at radius 3 is 2.35 bits per heavy atom. The van der Waals surface area contributed by atoms with Crippen molar-refractivity contribution >= 4 is 58.3 Å². The monoisotopic (exact) mass is 698 g/mol. The van der Waals surface area contributed by atoms with E-state index in [2.05, 4.69) is 4.98 Å². The number of anilines is 2. The number of allylic oxidation sites excluding steroid dienone is 2. The summed E-state index contributed by atoms with van der Waals surface area (Å²) < 4.78 is 40.6. The van der Waals surface area contributed by atoms with Crippen LogP contribution in [0.4, 0.5) is 24.7 Å². The summed E-state index contributed by atoms with van der Waals surface area (Å²) in [5.74, 6) is -7.44. The van der Waals surface area contributed by atoms with Crippen molar-refractivity contribution in [2.75, 3.05) is 17.0 Å². The number of fused-ring (bicyclic) bond motifs is 4. The maximum absolute atomic E-state index is 14.4. The molecule has 2 aliphatic heterocycles. The molecule has 2 aromatic carbocycles. The van der Waals surface area contributed by atoms with Crippen molar-refractivity contribution in [1.82, 2.24) is 9.99 Å². The molecule has 4 amide bonds. The lowest BCUT2D eigenvalue weighted by Gasteiger charge is -2.49. The zero-order valence-electron chi connectivity index (χ0n) is 25.4. The van der Waals surface area contributed by atoms with E-state index in [9.17, 15) is 37.5 Å². The van der Waals surface area contributed by atoms with Crippen LogP contribution in [-0.2, 0) is 25.4 Å². The highest BCUT2D eigenvalue weighted by Crippen LogP contribution is 2.64. The zero-order chi connectivity index (χ0) is 34.4. The van der Waals surface area contributed by atoms with E-state index in [-0.39, 0.29) is 28.6 Å². The van der Waals surface area contributed by atoms with Gasteiger partial charge in [0.15, 0.2) is 5.82 Å². The van der Waals surface area contributed by atoms with Crippen LogP contribution in [-0.4, -0.2) is 45.8 Å². The number of alkyl halides is 3. The second-order valence-corrected chi connectivity index (χ2v) is 13.6. The first-order valence-electron chi connectivity index (χ1n) is 15.1. The number of aromatic nitrogens is 1. The molecule has 48 heavy (non-hydrogen) atoms. The number of hydrogen-bond acceptors (Lipinski definition) is 7. The molecule has 6 unspecified atom stereocenters. The number of para-hydroxylation sites is 1. The number of hydrazine groups is 1. The van der Waals surface area contributed by atoms with Gasteiger partial charge in [-0.2, -0.15) is 18.2 Å². The molecule has 4 aliphatic rings. The van der Waals surface area contributed by atoms with E-state index < -0.39 is 76.3 Å². The second-order valence-electron chi connectivity index (χ2n) is 12.7. The number of carbonyl (C=O) groups is 4. The van der Waals surface area contributed by atoms with E-state index in [1.807, 2.05) is 0 Å². The molecule has 14 heteroatoms. The minimum Gasteiger partial charge on any atom is -0.508 e. The fourth-order valence-electron chi connectivity index (χ4n) is 8.13. The number of phenolic OH excluding ortho intramolecular Hbond substituents is 1. The maximum atomic E-state index is 14.4. The van der Waals surface area contributed by atoms with E-state index in [0.717, 1.165) is 21.0 Å². The Bertz CT molecular complexity index is 1940. The molecule has 0 bridgehead atoms. The van der Waals surface area contributed by atoms with Gasteiger partial charge in [0.2, 0.25) is 11.8 Å². The van der Waals surface area contributed by atoms with Crippen molar-refractivity contribution in [3.63, 3.8) is 0 Å². The quantitative estimate of drug-likeness (QED) is 0.248. The third kappa shape index (κ3) is 4.56. The average molecular weight is 700 g/mol. The summed E-state index contributed by atoms with van der Waals surface area (Å²) in [6, 6.07) is 14.6. The lowest BCUT2D eigenvalue weighted by molar-refractivity contribution is -0.141. The van der Waals surface area contributed by atoms with Crippen LogP contribution in [0.2, 0.25) is 10.0 Å². The fraction of sp³-hybridized carbons (Fsp3) is 0.324. The predicted molar refractivity (Wildman–Crippen MR) is 169 cm³/mol. The number of aromatic hydroxyl groups is 1. The SMILES string of the molecule is CN(c1nc(C(F)(F)F)ccc1Cl)N1C(=O)C2CC=C3C(CC4C(=O)N(c5ccccc5)C(=O)C4(C)C3c3cc(Cl)ccc3O)C2C1=O. The van der Waals surface area contributed by atoms with Crippen molar-refractivity contribution in [2.24, 2.45) is 29.1 Å². The van der Waals surface area contributed by atoms with Crippen LogP contribution in [0.25, 0.3) is 0 Å². The first kappa shape index (κ1) is 32.1. The second kappa shape index (κ2) is 11.1. The lowest BCUT2D eigenvalue weighted by atomic mass is 9.51. The molecule has 6 atom stereocenters. The van der Waals surface area contributed by atoms with Crippen LogP contribution in [0.3, 0.4) is 0 Å². The molecule has 1 aromatic heterocycles. The molecule has 0 spiro atoms. The molecule has 7 rings (SSSR count). The largest absolute Gasteiger partial charge is 0.508 e. The number of carbonyl (C=O) groups excluding carboxylic acids is 4. The van der Waals surface area contributed by atoms with E-state index >= 15 is 0 Å². The Labute approximate surface area is 282 Å². The summed E-state index contributed by atoms with van der Waals surface area (Å²) in [5, 5.41) is 12.9. The fourth-order valence-corrected chi connectivity index (χ4v) is 8.54. The molecular formula is C34H27Cl2F3N4O5. The molecule has 3 aromatic rings. The Morgan fingerprint density at radius 2 is 1.67 bits per heavy atom. The van der Waals surface area contributed by atoms with Crippen LogP contribution < -0.4 is 9.91 Å². The van der Waals surface area contributed by atoms with Gasteiger partial charge in [-0.1, -0.05) is 53.1 Å². The normalized spacial score (nSPS) is 28.3. The molecule has 0 radical (unpaired) electrons. The molecule has 9 nitrogen and oxygen atoms in total. The summed E-state index contributed by atoms with van der Waals surface area (Å²) >= 11 is 12.6. The van der Waals surface area contributed by atoms with Gasteiger partial charge in [0, 0.05) is 23.6 Å². The zero-order valence-corrected chi connectivity index (χ0v) is 26.9. The highest BCUT2D eigenvalue weighted by Gasteiger charge is 2.68. The van der Waals surface area contributed by atoms with Gasteiger partial charge in [0.05, 0.1) is 33.9 Å². The van der Waals surface area contributed by atoms with Crippen molar-refractivity contribution in [2.45, 2.75) is 31.9 Å². The summed E-state index contributed by atoms with van der Waals surface area (Å²) in [7, 11) is 1.23. The molecule has 3 heterocycles. The van der Waals surface area contributed by atoms with E-state index in [1.165, 1.54) is 25.2 Å². The van der Waals surface area contributed by atoms with Crippen molar-refractivity contribution < 1.29 is 37.5 Å². The molecule has 1 N–H and O–H groups in total. The molecule has 2 aliphatic carbocycles. The minimum atomic E-state index is -4.81. The van der Waals surface area contributed by atoms with Crippen LogP contribution in [0.5, 0.6) is 5.75 Å². The first-order chi connectivity index (χ1) is 22.7. The third-order valence-corrected chi connectivity index (χ3v) is 10.8. The van der Waals surface area contributed by atoms with Crippen LogP contribution >= 0.6 is 23.2 Å². The molecule has 2 saturated heterocycles. The summed E-state index contributed by atoms with van der Waals surface area (Å²) in [5.41, 5.74) is -1.38. The molecule has 1 saturated carbocycles. The Hall–Kier alpha value is -4.42. The lowest BCUT2D eigenvalue weighted by Crippen LogP contribution is -2.49. The van der Waals surface area contributed by atoms with Gasteiger partial charge in [0.1, 0.15) is 11.4 Å². The summed E-state index contributed by atoms with van der Waals surface area (Å²) in [4.78, 5) is 61.6. The first-order valence-corrected chi connectivity index (χ1v) is 15.9. The van der Waals surface area contributed by atoms with Crippen LogP contribution in [0.1, 0.15) is 36.9 Å². The molecule has 3 fully saturated rings. The third-order valence-electron chi connectivity index (χ3n) is 10.3. The molecule has 248 valence electrons. The van der Waals surface area contributed by atoms with Crippen molar-refractivity contribution in [3.05, 3.63) is 93.6 Å². The van der Waals surface area contributed by atoms with Gasteiger partial charge < -0.3 is 5.11 Å². The van der Waals surface area contributed by atoms with E-state index in [0.29, 0.717) is 22.9 Å². The van der Waals surface area contributed by atoms with Gasteiger partial charge in [-0.25, -0.2) is 9.88 Å². The number of benzene rings is 2. The number of pyridine rings is 1. The number of imide groups is 2. The standard InChI is InChI=1S/C34H27Cl2F3N4O5/c1-33-22(30(46)42(32(33)48)17-6-4-3-5-7-17)15-20-18(27(33)21-14-16(35)8-12-24(21)44)9-10-19-26(20)31(47)43(29(19)45)41(2)28-23(36)11-13-25(40-28)34(37,38)39/h3-9,11-14,19-20,22,26-27,44H,10,15H2,1-2H3. The smallest absolute Gasteiger partial charge is 0.433 e. The summed E-state index contributed by atoms with van der Waals surface area (Å²) in [6.45, 7) is 1.68. The van der Waals surface area contributed by atoms with Crippen molar-refractivity contribution in [3.8, 4) is 5.75 Å². The number of nitrogens with zero attached hydrogens (tertiary/aromatic N) is 4. The number of phenols is 1. The Morgan fingerprint density at radius 1 is 0.958 bits per heavy atom. The van der Waals surface area contributed by atoms with E-state index in [4.69, 9.17) is 23.2 Å². The van der Waals surface area contributed by atoms with Gasteiger partial charge in [-0.05, 0) is 68.1 Å². The van der Waals surface area contributed by atoms with E-state index in [1.54, 1.807) is 43.3 Å². The maximum Gasteiger partial charge on any atom is 0.433 e. The number of halogens is 5. The Kier molecular flexibility index (Phi) is 7.41. The topological polar surface area (TPSA) is 111 Å². The average Bonchev–Trinajstić information content (AvgIpc) is 3.41. The van der Waals surface area contributed by atoms with Gasteiger partial charge in [-0.3, -0.25) is 24.2 Å².